The van der Waals surface area contributed by atoms with E-state index in [1.807, 2.05) is 35.2 Å². The molecule has 22 heavy (non-hydrogen) atoms. The Kier molecular flexibility index (Phi) is 6.44. The average molecular weight is 303 g/mol. The Labute approximate surface area is 132 Å². The molecule has 0 unspecified atom stereocenters. The summed E-state index contributed by atoms with van der Waals surface area (Å²) >= 11 is 0. The second-order valence-electron chi connectivity index (χ2n) is 6.16. The van der Waals surface area contributed by atoms with E-state index in [1.54, 1.807) is 0 Å². The van der Waals surface area contributed by atoms with E-state index in [-0.39, 0.29) is 12.3 Å². The first kappa shape index (κ1) is 16.5. The monoisotopic (exact) mass is 303 g/mol. The first-order valence-corrected chi connectivity index (χ1v) is 8.18. The molecule has 0 bridgehead atoms. The molecule has 0 aliphatic heterocycles. The maximum Gasteiger partial charge on any atom is 0.303 e. The van der Waals surface area contributed by atoms with E-state index in [9.17, 15) is 9.59 Å². The summed E-state index contributed by atoms with van der Waals surface area (Å²) in [5, 5.41) is 8.65. The fraction of sp³-hybridized carbons (Fsp3) is 0.556. The lowest BCUT2D eigenvalue weighted by Crippen LogP contribution is -2.36. The number of carbonyl (C=O) groups excluding carboxylic acids is 1. The lowest BCUT2D eigenvalue weighted by molar-refractivity contribution is -0.138. The van der Waals surface area contributed by atoms with Gasteiger partial charge in [0.25, 0.3) is 0 Å². The number of carbonyl (C=O) groups is 2. The summed E-state index contributed by atoms with van der Waals surface area (Å²) < 4.78 is 0. The first-order chi connectivity index (χ1) is 10.6. The van der Waals surface area contributed by atoms with Crippen LogP contribution in [0, 0.1) is 5.92 Å². The topological polar surface area (TPSA) is 57.6 Å². The Morgan fingerprint density at radius 1 is 1.09 bits per heavy atom. The first-order valence-electron chi connectivity index (χ1n) is 8.18. The second kappa shape index (κ2) is 8.57. The number of benzene rings is 1. The van der Waals surface area contributed by atoms with Gasteiger partial charge in [-0.05, 0) is 37.2 Å². The van der Waals surface area contributed by atoms with E-state index in [0.717, 1.165) is 12.1 Å². The van der Waals surface area contributed by atoms with Crippen LogP contribution in [-0.4, -0.2) is 28.4 Å². The van der Waals surface area contributed by atoms with Gasteiger partial charge < -0.3 is 10.0 Å². The molecule has 1 N–H and O–H groups in total. The van der Waals surface area contributed by atoms with Crippen LogP contribution in [0.2, 0.25) is 0 Å². The van der Waals surface area contributed by atoms with Gasteiger partial charge in [0.15, 0.2) is 0 Å². The largest absolute Gasteiger partial charge is 0.481 e. The average Bonchev–Trinajstić information content (AvgIpc) is 2.46. The molecule has 1 saturated carbocycles. The number of hydrogen-bond acceptors (Lipinski definition) is 2. The van der Waals surface area contributed by atoms with Crippen LogP contribution in [-0.2, 0) is 16.1 Å². The van der Waals surface area contributed by atoms with Crippen molar-refractivity contribution in [2.45, 2.75) is 51.5 Å². The molecule has 2 rings (SSSR count). The number of amides is 1. The minimum absolute atomic E-state index is 0.147. The lowest BCUT2D eigenvalue weighted by atomic mass is 9.85. The smallest absolute Gasteiger partial charge is 0.303 e. The summed E-state index contributed by atoms with van der Waals surface area (Å²) in [5.74, 6) is 0.0101. The number of rotatable bonds is 9. The zero-order valence-corrected chi connectivity index (χ0v) is 13.0. The molecule has 0 aromatic heterocycles. The third kappa shape index (κ3) is 5.51. The summed E-state index contributed by atoms with van der Waals surface area (Å²) in [6, 6.07) is 10.1. The van der Waals surface area contributed by atoms with E-state index in [1.165, 1.54) is 19.3 Å². The molecule has 120 valence electrons. The molecule has 1 aliphatic rings. The number of carboxylic acid groups (broad SMARTS) is 1. The van der Waals surface area contributed by atoms with Gasteiger partial charge in [0.05, 0.1) is 0 Å². The molecule has 4 heteroatoms. The molecule has 0 atom stereocenters. The van der Waals surface area contributed by atoms with Gasteiger partial charge in [-0.3, -0.25) is 9.59 Å². The molecule has 1 aromatic rings. The molecule has 1 fully saturated rings. The van der Waals surface area contributed by atoms with Crippen molar-refractivity contribution in [3.8, 4) is 0 Å². The standard InChI is InChI=1S/C18H25NO3/c20-17(11-4-5-12-18(21)22)19(14-16-9-6-10-16)13-15-7-2-1-3-8-15/h1-3,7-8,16H,4-6,9-14H2,(H,21,22). The van der Waals surface area contributed by atoms with Crippen molar-refractivity contribution in [1.82, 2.24) is 4.90 Å². The van der Waals surface area contributed by atoms with Crippen LogP contribution in [0.25, 0.3) is 0 Å². The lowest BCUT2D eigenvalue weighted by Gasteiger charge is -2.32. The van der Waals surface area contributed by atoms with E-state index in [4.69, 9.17) is 5.11 Å². The molecule has 0 spiro atoms. The molecule has 0 heterocycles. The van der Waals surface area contributed by atoms with Crippen LogP contribution in [0.15, 0.2) is 30.3 Å². The van der Waals surface area contributed by atoms with E-state index < -0.39 is 5.97 Å². The van der Waals surface area contributed by atoms with E-state index in [0.29, 0.717) is 31.7 Å². The molecule has 4 nitrogen and oxygen atoms in total. The normalized spacial score (nSPS) is 14.4. The van der Waals surface area contributed by atoms with Crippen LogP contribution < -0.4 is 0 Å². The SMILES string of the molecule is O=C(O)CCCCC(=O)N(Cc1ccccc1)CC1CCC1. The van der Waals surface area contributed by atoms with Gasteiger partial charge in [-0.15, -0.1) is 0 Å². The summed E-state index contributed by atoms with van der Waals surface area (Å²) in [6.07, 6.45) is 5.54. The minimum Gasteiger partial charge on any atom is -0.481 e. The van der Waals surface area contributed by atoms with E-state index >= 15 is 0 Å². The van der Waals surface area contributed by atoms with Crippen LogP contribution in [0.1, 0.15) is 50.5 Å². The van der Waals surface area contributed by atoms with E-state index in [2.05, 4.69) is 0 Å². The Morgan fingerprint density at radius 2 is 1.77 bits per heavy atom. The number of aliphatic carboxylic acids is 1. The van der Waals surface area contributed by atoms with Gasteiger partial charge in [-0.25, -0.2) is 0 Å². The maximum atomic E-state index is 12.4. The Bertz CT molecular complexity index is 482. The minimum atomic E-state index is -0.789. The van der Waals surface area contributed by atoms with Crippen molar-refractivity contribution < 1.29 is 14.7 Å². The molecule has 1 aromatic carbocycles. The highest BCUT2D eigenvalue weighted by Crippen LogP contribution is 2.28. The number of hydrogen-bond donors (Lipinski definition) is 1. The fourth-order valence-electron chi connectivity index (χ4n) is 2.76. The Balaban J connectivity index is 1.85. The van der Waals surface area contributed by atoms with Gasteiger partial charge in [0.1, 0.15) is 0 Å². The third-order valence-electron chi connectivity index (χ3n) is 4.30. The van der Waals surface area contributed by atoms with Gasteiger partial charge in [0.2, 0.25) is 5.91 Å². The number of nitrogens with zero attached hydrogens (tertiary/aromatic N) is 1. The number of carboxylic acids is 1. The maximum absolute atomic E-state index is 12.4. The van der Waals surface area contributed by atoms with Crippen molar-refractivity contribution in [1.29, 1.82) is 0 Å². The molecule has 0 saturated heterocycles. The van der Waals surface area contributed by atoms with Gasteiger partial charge in [-0.1, -0.05) is 36.8 Å². The van der Waals surface area contributed by atoms with Crippen LogP contribution >= 0.6 is 0 Å². The summed E-state index contributed by atoms with van der Waals surface area (Å²) in [4.78, 5) is 24.9. The van der Waals surface area contributed by atoms with Crippen LogP contribution in [0.3, 0.4) is 0 Å². The van der Waals surface area contributed by atoms with Gasteiger partial charge >= 0.3 is 5.97 Å². The summed E-state index contributed by atoms with van der Waals surface area (Å²) in [6.45, 7) is 1.50. The highest BCUT2D eigenvalue weighted by atomic mass is 16.4. The molecule has 0 radical (unpaired) electrons. The highest BCUT2D eigenvalue weighted by molar-refractivity contribution is 5.76. The third-order valence-corrected chi connectivity index (χ3v) is 4.30. The van der Waals surface area contributed by atoms with Crippen molar-refractivity contribution in [3.05, 3.63) is 35.9 Å². The fourth-order valence-corrected chi connectivity index (χ4v) is 2.76. The van der Waals surface area contributed by atoms with Gasteiger partial charge in [-0.2, -0.15) is 0 Å². The van der Waals surface area contributed by atoms with Crippen molar-refractivity contribution in [3.63, 3.8) is 0 Å². The molecular weight excluding hydrogens is 278 g/mol. The molecule has 1 aliphatic carbocycles. The summed E-state index contributed by atoms with van der Waals surface area (Å²) in [7, 11) is 0. The highest BCUT2D eigenvalue weighted by Gasteiger charge is 2.23. The Hall–Kier alpha value is -1.84. The Morgan fingerprint density at radius 3 is 2.36 bits per heavy atom. The number of unbranched alkanes of at least 4 members (excludes halogenated alkanes) is 1. The predicted molar refractivity (Wildman–Crippen MR) is 85.3 cm³/mol. The quantitative estimate of drug-likeness (QED) is 0.711. The van der Waals surface area contributed by atoms with Crippen molar-refractivity contribution in [2.75, 3.05) is 6.54 Å². The predicted octanol–water partition coefficient (Wildman–Crippen LogP) is 3.46. The van der Waals surface area contributed by atoms with Crippen molar-refractivity contribution in [2.24, 2.45) is 5.92 Å². The van der Waals surface area contributed by atoms with Crippen molar-refractivity contribution >= 4 is 11.9 Å². The van der Waals surface area contributed by atoms with Crippen LogP contribution in [0.5, 0.6) is 0 Å². The van der Waals surface area contributed by atoms with Gasteiger partial charge in [0, 0.05) is 25.9 Å². The second-order valence-corrected chi connectivity index (χ2v) is 6.16. The zero-order valence-electron chi connectivity index (χ0n) is 13.0. The summed E-state index contributed by atoms with van der Waals surface area (Å²) in [5.41, 5.74) is 1.15. The van der Waals surface area contributed by atoms with Crippen LogP contribution in [0.4, 0.5) is 0 Å². The molecule has 1 amide bonds. The molecular formula is C18H25NO3. The zero-order chi connectivity index (χ0) is 15.8.